The van der Waals surface area contributed by atoms with Crippen molar-refractivity contribution in [1.29, 1.82) is 0 Å². The molecule has 1 unspecified atom stereocenters. The van der Waals surface area contributed by atoms with Crippen molar-refractivity contribution in [2.45, 2.75) is 32.7 Å². The van der Waals surface area contributed by atoms with Crippen LogP contribution in [0, 0.1) is 17.7 Å². The highest BCUT2D eigenvalue weighted by Gasteiger charge is 2.14. The first-order valence-corrected chi connectivity index (χ1v) is 6.56. The summed E-state index contributed by atoms with van der Waals surface area (Å²) in [6.07, 6.45) is 1.60. The van der Waals surface area contributed by atoms with Crippen LogP contribution in [0.25, 0.3) is 0 Å². The predicted molar refractivity (Wildman–Crippen MR) is 73.2 cm³/mol. The normalized spacial score (nSPS) is 11.8. The molecule has 3 heteroatoms. The fourth-order valence-electron chi connectivity index (χ4n) is 1.74. The van der Waals surface area contributed by atoms with Crippen molar-refractivity contribution < 1.29 is 4.39 Å². The molecule has 0 saturated heterocycles. The van der Waals surface area contributed by atoms with Crippen LogP contribution in [0.1, 0.15) is 38.3 Å². The van der Waals surface area contributed by atoms with Crippen LogP contribution < -0.4 is 5.32 Å². The van der Waals surface area contributed by atoms with Gasteiger partial charge in [0.25, 0.3) is 0 Å². The summed E-state index contributed by atoms with van der Waals surface area (Å²) >= 11 is 3.38. The van der Waals surface area contributed by atoms with Gasteiger partial charge in [-0.15, -0.1) is 11.8 Å². The second-order valence-electron chi connectivity index (χ2n) is 3.74. The summed E-state index contributed by atoms with van der Waals surface area (Å²) in [6.45, 7) is 4.66. The largest absolute Gasteiger partial charge is 0.310 e. The number of hydrogen-bond acceptors (Lipinski definition) is 1. The number of hydrogen-bond donors (Lipinski definition) is 1. The van der Waals surface area contributed by atoms with Gasteiger partial charge in [-0.3, -0.25) is 0 Å². The first kappa shape index (κ1) is 14.2. The SMILES string of the molecule is CC#CCCC(NCC)c1cc(Br)ccc1F. The van der Waals surface area contributed by atoms with E-state index in [1.807, 2.05) is 19.9 Å². The third kappa shape index (κ3) is 4.49. The summed E-state index contributed by atoms with van der Waals surface area (Å²) in [5.74, 6) is 5.72. The zero-order valence-corrected chi connectivity index (χ0v) is 11.8. The zero-order valence-electron chi connectivity index (χ0n) is 10.2. The Hall–Kier alpha value is -0.850. The van der Waals surface area contributed by atoms with E-state index in [1.54, 1.807) is 6.07 Å². The second kappa shape index (κ2) is 7.47. The second-order valence-corrected chi connectivity index (χ2v) is 4.66. The first-order chi connectivity index (χ1) is 8.19. The molecule has 1 aromatic rings. The summed E-state index contributed by atoms with van der Waals surface area (Å²) in [6, 6.07) is 5.07. The minimum Gasteiger partial charge on any atom is -0.310 e. The molecule has 0 aromatic heterocycles. The van der Waals surface area contributed by atoms with Crippen molar-refractivity contribution in [3.8, 4) is 11.8 Å². The van der Waals surface area contributed by atoms with E-state index in [9.17, 15) is 4.39 Å². The van der Waals surface area contributed by atoms with Gasteiger partial charge in [0.15, 0.2) is 0 Å². The zero-order chi connectivity index (χ0) is 12.7. The standard InChI is InChI=1S/C14H17BrFN/c1-3-5-6-7-14(17-4-2)12-10-11(15)8-9-13(12)16/h8-10,14,17H,4,6-7H2,1-2H3. The lowest BCUT2D eigenvalue weighted by Crippen LogP contribution is -2.21. The molecule has 0 aliphatic carbocycles. The van der Waals surface area contributed by atoms with Crippen LogP contribution in [0.5, 0.6) is 0 Å². The van der Waals surface area contributed by atoms with Crippen LogP contribution in [0.15, 0.2) is 22.7 Å². The topological polar surface area (TPSA) is 12.0 Å². The smallest absolute Gasteiger partial charge is 0.128 e. The first-order valence-electron chi connectivity index (χ1n) is 5.77. The van der Waals surface area contributed by atoms with Gasteiger partial charge in [-0.25, -0.2) is 4.39 Å². The van der Waals surface area contributed by atoms with Crippen molar-refractivity contribution in [3.63, 3.8) is 0 Å². The number of benzene rings is 1. The molecule has 0 fully saturated rings. The summed E-state index contributed by atoms with van der Waals surface area (Å²) in [7, 11) is 0. The molecule has 1 N–H and O–H groups in total. The van der Waals surface area contributed by atoms with E-state index in [0.29, 0.717) is 5.56 Å². The fourth-order valence-corrected chi connectivity index (χ4v) is 2.12. The molecule has 1 atom stereocenters. The highest BCUT2D eigenvalue weighted by atomic mass is 79.9. The maximum absolute atomic E-state index is 13.8. The van der Waals surface area contributed by atoms with Gasteiger partial charge < -0.3 is 5.32 Å². The fraction of sp³-hybridized carbons (Fsp3) is 0.429. The lowest BCUT2D eigenvalue weighted by atomic mass is 10.0. The molecule has 0 radical (unpaired) electrons. The van der Waals surface area contributed by atoms with Crippen LogP contribution in [-0.4, -0.2) is 6.54 Å². The summed E-state index contributed by atoms with van der Waals surface area (Å²) in [5, 5.41) is 3.30. The Balaban J connectivity index is 2.86. The molecular formula is C14H17BrFN. The Morgan fingerprint density at radius 2 is 2.24 bits per heavy atom. The average Bonchev–Trinajstić information content (AvgIpc) is 2.32. The van der Waals surface area contributed by atoms with Crippen molar-refractivity contribution >= 4 is 15.9 Å². The van der Waals surface area contributed by atoms with E-state index in [0.717, 1.165) is 23.9 Å². The average molecular weight is 298 g/mol. The van der Waals surface area contributed by atoms with Gasteiger partial charge in [-0.1, -0.05) is 22.9 Å². The van der Waals surface area contributed by atoms with Crippen LogP contribution >= 0.6 is 15.9 Å². The molecule has 0 aliphatic rings. The highest BCUT2D eigenvalue weighted by Crippen LogP contribution is 2.24. The molecule has 0 saturated carbocycles. The third-order valence-corrected chi connectivity index (χ3v) is 3.01. The number of rotatable bonds is 5. The van der Waals surface area contributed by atoms with Crippen LogP contribution in [-0.2, 0) is 0 Å². The quantitative estimate of drug-likeness (QED) is 0.809. The monoisotopic (exact) mass is 297 g/mol. The van der Waals surface area contributed by atoms with Gasteiger partial charge in [0, 0.05) is 22.5 Å². The van der Waals surface area contributed by atoms with Gasteiger partial charge >= 0.3 is 0 Å². The number of nitrogens with one attached hydrogen (secondary N) is 1. The van der Waals surface area contributed by atoms with Gasteiger partial charge in [-0.2, -0.15) is 0 Å². The van der Waals surface area contributed by atoms with E-state index in [1.165, 1.54) is 6.07 Å². The summed E-state index contributed by atoms with van der Waals surface area (Å²) in [5.41, 5.74) is 0.708. The van der Waals surface area contributed by atoms with Crippen LogP contribution in [0.3, 0.4) is 0 Å². The van der Waals surface area contributed by atoms with Crippen LogP contribution in [0.2, 0.25) is 0 Å². The molecule has 0 bridgehead atoms. The minimum absolute atomic E-state index is 0.0262. The van der Waals surface area contributed by atoms with E-state index in [4.69, 9.17) is 0 Å². The van der Waals surface area contributed by atoms with Crippen molar-refractivity contribution in [3.05, 3.63) is 34.1 Å². The van der Waals surface area contributed by atoms with Crippen molar-refractivity contribution in [2.24, 2.45) is 0 Å². The summed E-state index contributed by atoms with van der Waals surface area (Å²) < 4.78 is 14.7. The van der Waals surface area contributed by atoms with Gasteiger partial charge in [0.2, 0.25) is 0 Å². The lowest BCUT2D eigenvalue weighted by molar-refractivity contribution is 0.490. The lowest BCUT2D eigenvalue weighted by Gasteiger charge is -2.18. The molecule has 0 heterocycles. The molecule has 1 nitrogen and oxygen atoms in total. The van der Waals surface area contributed by atoms with E-state index in [2.05, 4.69) is 33.1 Å². The van der Waals surface area contributed by atoms with Gasteiger partial charge in [0.05, 0.1) is 0 Å². The van der Waals surface area contributed by atoms with Crippen molar-refractivity contribution in [1.82, 2.24) is 5.32 Å². The Bertz CT molecular complexity index is 420. The molecule has 0 amide bonds. The molecule has 1 rings (SSSR count). The van der Waals surface area contributed by atoms with E-state index < -0.39 is 0 Å². The third-order valence-electron chi connectivity index (χ3n) is 2.52. The Labute approximate surface area is 111 Å². The summed E-state index contributed by atoms with van der Waals surface area (Å²) in [4.78, 5) is 0. The van der Waals surface area contributed by atoms with E-state index >= 15 is 0 Å². The van der Waals surface area contributed by atoms with Crippen LogP contribution in [0.4, 0.5) is 4.39 Å². The minimum atomic E-state index is -0.163. The molecule has 92 valence electrons. The molecule has 17 heavy (non-hydrogen) atoms. The Morgan fingerprint density at radius 3 is 2.88 bits per heavy atom. The van der Waals surface area contributed by atoms with Crippen molar-refractivity contribution in [2.75, 3.05) is 6.54 Å². The maximum atomic E-state index is 13.8. The Morgan fingerprint density at radius 1 is 1.47 bits per heavy atom. The maximum Gasteiger partial charge on any atom is 0.128 e. The van der Waals surface area contributed by atoms with Gasteiger partial charge in [0.1, 0.15) is 5.82 Å². The van der Waals surface area contributed by atoms with Gasteiger partial charge in [-0.05, 0) is 38.1 Å². The molecular weight excluding hydrogens is 281 g/mol. The highest BCUT2D eigenvalue weighted by molar-refractivity contribution is 9.10. The Kier molecular flexibility index (Phi) is 6.25. The molecule has 1 aromatic carbocycles. The number of halogens is 2. The molecule has 0 aliphatic heterocycles. The van der Waals surface area contributed by atoms with E-state index in [-0.39, 0.29) is 11.9 Å². The predicted octanol–water partition coefficient (Wildman–Crippen LogP) is 4.04. The molecule has 0 spiro atoms.